The molecule has 2 aliphatic rings. The van der Waals surface area contributed by atoms with Gasteiger partial charge in [-0.05, 0) is 31.0 Å². The molecule has 0 aliphatic carbocycles. The zero-order valence-electron chi connectivity index (χ0n) is 14.9. The van der Waals surface area contributed by atoms with Crippen LogP contribution < -0.4 is 0 Å². The highest BCUT2D eigenvalue weighted by Crippen LogP contribution is 2.25. The van der Waals surface area contributed by atoms with Crippen LogP contribution in [-0.4, -0.2) is 69.0 Å². The minimum atomic E-state index is -0.0506. The van der Waals surface area contributed by atoms with Crippen LogP contribution in [0.25, 0.3) is 0 Å². The summed E-state index contributed by atoms with van der Waals surface area (Å²) >= 11 is 0. The van der Waals surface area contributed by atoms with E-state index in [0.717, 1.165) is 31.8 Å². The zero-order chi connectivity index (χ0) is 17.9. The number of fused-ring (bicyclic) bond motifs is 1. The molecular weight excluding hydrogens is 330 g/mol. The van der Waals surface area contributed by atoms with Gasteiger partial charge >= 0.3 is 0 Å². The van der Waals surface area contributed by atoms with E-state index in [1.165, 1.54) is 5.56 Å². The second kappa shape index (κ2) is 7.47. The van der Waals surface area contributed by atoms with Crippen molar-refractivity contribution in [1.82, 2.24) is 24.8 Å². The number of ether oxygens (including phenoxy) is 1. The van der Waals surface area contributed by atoms with Gasteiger partial charge < -0.3 is 9.64 Å². The van der Waals surface area contributed by atoms with Gasteiger partial charge in [-0.2, -0.15) is 0 Å². The molecule has 0 bridgehead atoms. The Morgan fingerprint density at radius 2 is 2.08 bits per heavy atom. The number of likely N-dealkylation sites (tertiary alicyclic amines) is 1. The number of hydrogen-bond acceptors (Lipinski definition) is 6. The Morgan fingerprint density at radius 1 is 1.23 bits per heavy atom. The average Bonchev–Trinajstić information content (AvgIpc) is 2.69. The van der Waals surface area contributed by atoms with Crippen LogP contribution in [0.1, 0.15) is 28.2 Å². The van der Waals surface area contributed by atoms with Crippen molar-refractivity contribution in [1.29, 1.82) is 0 Å². The van der Waals surface area contributed by atoms with Gasteiger partial charge in [0.25, 0.3) is 5.91 Å². The number of amides is 1. The molecule has 7 nitrogen and oxygen atoms in total. The average molecular weight is 353 g/mol. The van der Waals surface area contributed by atoms with Crippen molar-refractivity contribution in [3.63, 3.8) is 0 Å². The smallest absolute Gasteiger partial charge is 0.274 e. The third-order valence-electron chi connectivity index (χ3n) is 5.12. The van der Waals surface area contributed by atoms with Crippen LogP contribution in [-0.2, 0) is 11.3 Å². The second-order valence-electron chi connectivity index (χ2n) is 6.89. The van der Waals surface area contributed by atoms with Crippen molar-refractivity contribution in [2.45, 2.75) is 32.0 Å². The topological polar surface area (TPSA) is 71.5 Å². The lowest BCUT2D eigenvalue weighted by Crippen LogP contribution is -2.60. The summed E-state index contributed by atoms with van der Waals surface area (Å²) in [7, 11) is 0. The Kier molecular flexibility index (Phi) is 4.90. The number of pyridine rings is 1. The van der Waals surface area contributed by atoms with E-state index in [-0.39, 0.29) is 18.1 Å². The number of hydrogen-bond donors (Lipinski definition) is 0. The van der Waals surface area contributed by atoms with Crippen LogP contribution in [0.2, 0.25) is 0 Å². The van der Waals surface area contributed by atoms with E-state index in [9.17, 15) is 4.79 Å². The van der Waals surface area contributed by atoms with Crippen LogP contribution in [0, 0.1) is 6.92 Å². The predicted octanol–water partition coefficient (Wildman–Crippen LogP) is 1.30. The molecule has 2 atom stereocenters. The normalized spacial score (nSPS) is 23.5. The van der Waals surface area contributed by atoms with Crippen LogP contribution >= 0.6 is 0 Å². The quantitative estimate of drug-likeness (QED) is 0.828. The third-order valence-corrected chi connectivity index (χ3v) is 5.12. The molecule has 0 N–H and O–H groups in total. The Bertz CT molecular complexity index is 752. The molecule has 1 amide bonds. The Balaban J connectivity index is 1.48. The molecule has 7 heteroatoms. The third kappa shape index (κ3) is 3.59. The molecule has 0 saturated carbocycles. The highest BCUT2D eigenvalue weighted by molar-refractivity contribution is 5.92. The van der Waals surface area contributed by atoms with Gasteiger partial charge in [0.15, 0.2) is 0 Å². The monoisotopic (exact) mass is 353 g/mol. The van der Waals surface area contributed by atoms with E-state index in [2.05, 4.69) is 19.9 Å². The number of aryl methyl sites for hydroxylation is 1. The number of rotatable bonds is 3. The van der Waals surface area contributed by atoms with E-state index in [4.69, 9.17) is 4.74 Å². The number of piperidine rings is 1. The summed E-state index contributed by atoms with van der Waals surface area (Å²) in [6, 6.07) is 4.28. The van der Waals surface area contributed by atoms with Gasteiger partial charge in [-0.15, -0.1) is 0 Å². The molecule has 2 fully saturated rings. The van der Waals surface area contributed by atoms with Gasteiger partial charge in [0.2, 0.25) is 0 Å². The minimum absolute atomic E-state index is 0.0506. The summed E-state index contributed by atoms with van der Waals surface area (Å²) in [5.41, 5.74) is 2.45. The van der Waals surface area contributed by atoms with E-state index in [0.29, 0.717) is 18.8 Å². The first kappa shape index (κ1) is 17.1. The van der Waals surface area contributed by atoms with Gasteiger partial charge in [0.1, 0.15) is 5.69 Å². The van der Waals surface area contributed by atoms with E-state index < -0.39 is 0 Å². The van der Waals surface area contributed by atoms with E-state index in [1.54, 1.807) is 12.4 Å². The summed E-state index contributed by atoms with van der Waals surface area (Å²) in [6.07, 6.45) is 7.87. The molecule has 2 aromatic heterocycles. The second-order valence-corrected chi connectivity index (χ2v) is 6.89. The number of nitrogens with zero attached hydrogens (tertiary/aromatic N) is 5. The van der Waals surface area contributed by atoms with Gasteiger partial charge in [0, 0.05) is 44.8 Å². The highest BCUT2D eigenvalue weighted by Gasteiger charge is 2.38. The van der Waals surface area contributed by atoms with Crippen molar-refractivity contribution in [3.8, 4) is 0 Å². The summed E-state index contributed by atoms with van der Waals surface area (Å²) in [5.74, 6) is -0.0506. The fourth-order valence-corrected chi connectivity index (χ4v) is 3.71. The maximum atomic E-state index is 12.8. The summed E-state index contributed by atoms with van der Waals surface area (Å²) in [5, 5.41) is 0. The molecular formula is C19H23N5O2. The maximum absolute atomic E-state index is 12.8. The Hall–Kier alpha value is -2.38. The van der Waals surface area contributed by atoms with Gasteiger partial charge in [0.05, 0.1) is 30.6 Å². The first-order valence-corrected chi connectivity index (χ1v) is 9.03. The molecule has 4 rings (SSSR count). The number of carbonyl (C=O) groups excluding carboxylic acids is 1. The lowest BCUT2D eigenvalue weighted by Gasteiger charge is -2.47. The predicted molar refractivity (Wildman–Crippen MR) is 95.5 cm³/mol. The van der Waals surface area contributed by atoms with Crippen LogP contribution in [0.4, 0.5) is 0 Å². The zero-order valence-corrected chi connectivity index (χ0v) is 14.9. The molecule has 4 heterocycles. The molecule has 0 radical (unpaired) electrons. The molecule has 0 aromatic carbocycles. The van der Waals surface area contributed by atoms with Crippen molar-refractivity contribution >= 4 is 5.91 Å². The molecule has 2 saturated heterocycles. The lowest BCUT2D eigenvalue weighted by atomic mass is 9.97. The fourth-order valence-electron chi connectivity index (χ4n) is 3.71. The minimum Gasteiger partial charge on any atom is -0.375 e. The van der Waals surface area contributed by atoms with Crippen LogP contribution in [0.3, 0.4) is 0 Å². The van der Waals surface area contributed by atoms with Crippen LogP contribution in [0.15, 0.2) is 36.9 Å². The first-order valence-electron chi connectivity index (χ1n) is 9.03. The molecule has 0 unspecified atom stereocenters. The molecule has 0 spiro atoms. The van der Waals surface area contributed by atoms with Crippen molar-refractivity contribution in [2.75, 3.05) is 26.2 Å². The number of aromatic nitrogens is 3. The summed E-state index contributed by atoms with van der Waals surface area (Å²) in [6.45, 7) is 5.67. The van der Waals surface area contributed by atoms with Gasteiger partial charge in [-0.25, -0.2) is 4.98 Å². The molecule has 26 heavy (non-hydrogen) atoms. The number of carbonyl (C=O) groups is 1. The highest BCUT2D eigenvalue weighted by atomic mass is 16.5. The first-order chi connectivity index (χ1) is 12.7. The maximum Gasteiger partial charge on any atom is 0.274 e. The van der Waals surface area contributed by atoms with Crippen molar-refractivity contribution < 1.29 is 9.53 Å². The van der Waals surface area contributed by atoms with Crippen molar-refractivity contribution in [3.05, 3.63) is 53.9 Å². The standard InChI is InChI=1S/C19H23N5O2/c1-14-10-22-16(11-21-14)19(25)24-7-4-18-17(13-24)23(8-9-26-18)12-15-2-5-20-6-3-15/h2-3,5-6,10-11,17-18H,4,7-9,12-13H2,1H3/t17-,18-/m1/s1. The summed E-state index contributed by atoms with van der Waals surface area (Å²) in [4.78, 5) is 29.6. The van der Waals surface area contributed by atoms with E-state index in [1.807, 2.05) is 36.4 Å². The SMILES string of the molecule is Cc1cnc(C(=O)N2CC[C@H]3OCCN(Cc4ccncc4)[C@@H]3C2)cn1. The molecule has 136 valence electrons. The van der Waals surface area contributed by atoms with E-state index >= 15 is 0 Å². The van der Waals surface area contributed by atoms with Crippen LogP contribution in [0.5, 0.6) is 0 Å². The van der Waals surface area contributed by atoms with Gasteiger partial charge in [-0.1, -0.05) is 0 Å². The summed E-state index contributed by atoms with van der Waals surface area (Å²) < 4.78 is 5.98. The van der Waals surface area contributed by atoms with Crippen molar-refractivity contribution in [2.24, 2.45) is 0 Å². The molecule has 2 aliphatic heterocycles. The number of morpholine rings is 1. The fraction of sp³-hybridized carbons (Fsp3) is 0.474. The lowest BCUT2D eigenvalue weighted by molar-refractivity contribution is -0.101. The Labute approximate surface area is 153 Å². The molecule has 2 aromatic rings. The Morgan fingerprint density at radius 3 is 2.85 bits per heavy atom. The van der Waals surface area contributed by atoms with Gasteiger partial charge in [-0.3, -0.25) is 19.7 Å². The largest absolute Gasteiger partial charge is 0.375 e.